The SMILES string of the molecule is CCCN(CCN(CC)CC)c1ccc(N)cc1. The summed E-state index contributed by atoms with van der Waals surface area (Å²) in [6.07, 6.45) is 1.17. The minimum absolute atomic E-state index is 0.832. The van der Waals surface area contributed by atoms with Crippen LogP contribution >= 0.6 is 0 Å². The van der Waals surface area contributed by atoms with Crippen LogP contribution in [0.25, 0.3) is 0 Å². The zero-order valence-corrected chi connectivity index (χ0v) is 12.0. The third-order valence-electron chi connectivity index (χ3n) is 3.33. The second-order valence-corrected chi connectivity index (χ2v) is 4.61. The minimum Gasteiger partial charge on any atom is -0.399 e. The fourth-order valence-electron chi connectivity index (χ4n) is 2.13. The van der Waals surface area contributed by atoms with Gasteiger partial charge in [-0.15, -0.1) is 0 Å². The Morgan fingerprint density at radius 3 is 2.00 bits per heavy atom. The van der Waals surface area contributed by atoms with Crippen LogP contribution in [0.1, 0.15) is 27.2 Å². The van der Waals surface area contributed by atoms with E-state index in [1.54, 1.807) is 0 Å². The maximum absolute atomic E-state index is 5.74. The van der Waals surface area contributed by atoms with Gasteiger partial charge in [0.05, 0.1) is 0 Å². The van der Waals surface area contributed by atoms with E-state index >= 15 is 0 Å². The number of nitrogen functional groups attached to an aromatic ring is 1. The van der Waals surface area contributed by atoms with Crippen molar-refractivity contribution in [2.75, 3.05) is 43.4 Å². The average molecular weight is 249 g/mol. The molecule has 1 aromatic carbocycles. The summed E-state index contributed by atoms with van der Waals surface area (Å²) in [4.78, 5) is 4.90. The number of rotatable bonds is 8. The van der Waals surface area contributed by atoms with Gasteiger partial charge in [0.2, 0.25) is 0 Å². The molecule has 0 bridgehead atoms. The molecule has 0 saturated heterocycles. The second kappa shape index (κ2) is 7.98. The molecule has 18 heavy (non-hydrogen) atoms. The smallest absolute Gasteiger partial charge is 0.0368 e. The second-order valence-electron chi connectivity index (χ2n) is 4.61. The quantitative estimate of drug-likeness (QED) is 0.719. The van der Waals surface area contributed by atoms with Crippen molar-refractivity contribution in [3.8, 4) is 0 Å². The van der Waals surface area contributed by atoms with Gasteiger partial charge in [-0.2, -0.15) is 0 Å². The van der Waals surface area contributed by atoms with Crippen LogP contribution in [-0.2, 0) is 0 Å². The minimum atomic E-state index is 0.832. The maximum Gasteiger partial charge on any atom is 0.0368 e. The zero-order chi connectivity index (χ0) is 13.4. The van der Waals surface area contributed by atoms with Crippen molar-refractivity contribution in [1.29, 1.82) is 0 Å². The summed E-state index contributed by atoms with van der Waals surface area (Å²) in [7, 11) is 0. The molecule has 0 saturated carbocycles. The van der Waals surface area contributed by atoms with Gasteiger partial charge >= 0.3 is 0 Å². The largest absolute Gasteiger partial charge is 0.399 e. The molecule has 102 valence electrons. The molecule has 3 heteroatoms. The third-order valence-corrected chi connectivity index (χ3v) is 3.33. The summed E-state index contributed by atoms with van der Waals surface area (Å²) in [5, 5.41) is 0. The van der Waals surface area contributed by atoms with Gasteiger partial charge in [0, 0.05) is 31.0 Å². The van der Waals surface area contributed by atoms with Gasteiger partial charge in [-0.1, -0.05) is 20.8 Å². The molecule has 0 atom stereocenters. The molecule has 0 spiro atoms. The van der Waals surface area contributed by atoms with E-state index < -0.39 is 0 Å². The summed E-state index contributed by atoms with van der Waals surface area (Å²) < 4.78 is 0. The lowest BCUT2D eigenvalue weighted by Gasteiger charge is -2.28. The molecule has 0 fully saturated rings. The Hall–Kier alpha value is -1.22. The summed E-state index contributed by atoms with van der Waals surface area (Å²) in [6, 6.07) is 8.20. The first-order valence-electron chi connectivity index (χ1n) is 7.04. The molecule has 0 amide bonds. The normalized spacial score (nSPS) is 10.9. The van der Waals surface area contributed by atoms with E-state index in [1.807, 2.05) is 12.1 Å². The van der Waals surface area contributed by atoms with Crippen molar-refractivity contribution in [3.05, 3.63) is 24.3 Å². The lowest BCUT2D eigenvalue weighted by molar-refractivity contribution is 0.309. The number of anilines is 2. The number of likely N-dealkylation sites (N-methyl/N-ethyl adjacent to an activating group) is 1. The van der Waals surface area contributed by atoms with Crippen LogP contribution in [-0.4, -0.2) is 37.6 Å². The van der Waals surface area contributed by atoms with Crippen molar-refractivity contribution < 1.29 is 0 Å². The first-order valence-corrected chi connectivity index (χ1v) is 7.04. The van der Waals surface area contributed by atoms with Crippen molar-refractivity contribution in [3.63, 3.8) is 0 Å². The molecule has 0 unspecified atom stereocenters. The monoisotopic (exact) mass is 249 g/mol. The van der Waals surface area contributed by atoms with E-state index in [9.17, 15) is 0 Å². The summed E-state index contributed by atoms with van der Waals surface area (Å²) >= 11 is 0. The van der Waals surface area contributed by atoms with Gasteiger partial charge in [0.25, 0.3) is 0 Å². The van der Waals surface area contributed by atoms with E-state index in [-0.39, 0.29) is 0 Å². The van der Waals surface area contributed by atoms with Crippen molar-refractivity contribution >= 4 is 11.4 Å². The predicted molar refractivity (Wildman–Crippen MR) is 81.1 cm³/mol. The van der Waals surface area contributed by atoms with Gasteiger partial charge in [-0.3, -0.25) is 0 Å². The van der Waals surface area contributed by atoms with E-state index in [0.29, 0.717) is 0 Å². The fourth-order valence-corrected chi connectivity index (χ4v) is 2.13. The summed E-state index contributed by atoms with van der Waals surface area (Å²) in [5.74, 6) is 0. The van der Waals surface area contributed by atoms with Crippen LogP contribution in [0.4, 0.5) is 11.4 Å². The third kappa shape index (κ3) is 4.57. The lowest BCUT2D eigenvalue weighted by atomic mass is 10.2. The van der Waals surface area contributed by atoms with E-state index in [2.05, 4.69) is 42.7 Å². The Morgan fingerprint density at radius 2 is 1.50 bits per heavy atom. The summed E-state index contributed by atoms with van der Waals surface area (Å²) in [6.45, 7) is 12.2. The number of nitrogens with zero attached hydrogens (tertiary/aromatic N) is 2. The van der Waals surface area contributed by atoms with Gasteiger partial charge in [-0.25, -0.2) is 0 Å². The van der Waals surface area contributed by atoms with Crippen molar-refractivity contribution in [2.45, 2.75) is 27.2 Å². The van der Waals surface area contributed by atoms with Crippen LogP contribution in [0, 0.1) is 0 Å². The van der Waals surface area contributed by atoms with E-state index in [1.165, 1.54) is 12.1 Å². The van der Waals surface area contributed by atoms with Gasteiger partial charge in [0.15, 0.2) is 0 Å². The molecule has 0 aromatic heterocycles. The Labute approximate surface area is 112 Å². The Balaban J connectivity index is 2.61. The first kappa shape index (κ1) is 14.8. The van der Waals surface area contributed by atoms with Crippen LogP contribution in [0.3, 0.4) is 0 Å². The standard InChI is InChI=1S/C15H27N3/c1-4-11-18(13-12-17(5-2)6-3)15-9-7-14(16)8-10-15/h7-10H,4-6,11-13,16H2,1-3H3. The highest BCUT2D eigenvalue weighted by atomic mass is 15.2. The fraction of sp³-hybridized carbons (Fsp3) is 0.600. The van der Waals surface area contributed by atoms with Crippen molar-refractivity contribution in [2.24, 2.45) is 0 Å². The molecule has 0 aliphatic heterocycles. The van der Waals surface area contributed by atoms with Crippen LogP contribution in [0.2, 0.25) is 0 Å². The molecule has 1 rings (SSSR count). The molecule has 0 radical (unpaired) electrons. The molecule has 2 N–H and O–H groups in total. The van der Waals surface area contributed by atoms with Gasteiger partial charge in [0.1, 0.15) is 0 Å². The van der Waals surface area contributed by atoms with Crippen molar-refractivity contribution in [1.82, 2.24) is 4.90 Å². The first-order chi connectivity index (χ1) is 8.71. The Bertz CT molecular complexity index is 317. The molecular formula is C15H27N3. The molecular weight excluding hydrogens is 222 g/mol. The van der Waals surface area contributed by atoms with Crippen LogP contribution < -0.4 is 10.6 Å². The number of nitrogens with two attached hydrogens (primary N) is 1. The highest BCUT2D eigenvalue weighted by molar-refractivity contribution is 5.53. The number of benzene rings is 1. The molecule has 3 nitrogen and oxygen atoms in total. The number of hydrogen-bond donors (Lipinski definition) is 1. The lowest BCUT2D eigenvalue weighted by Crippen LogP contribution is -2.35. The van der Waals surface area contributed by atoms with E-state index in [4.69, 9.17) is 5.73 Å². The predicted octanol–water partition coefficient (Wildman–Crippen LogP) is 2.83. The summed E-state index contributed by atoms with van der Waals surface area (Å²) in [5.41, 5.74) is 7.85. The number of hydrogen-bond acceptors (Lipinski definition) is 3. The maximum atomic E-state index is 5.74. The zero-order valence-electron chi connectivity index (χ0n) is 12.0. The molecule has 0 aliphatic rings. The highest BCUT2D eigenvalue weighted by Gasteiger charge is 2.07. The Kier molecular flexibility index (Phi) is 6.58. The molecule has 1 aromatic rings. The topological polar surface area (TPSA) is 32.5 Å². The van der Waals surface area contributed by atoms with Gasteiger partial charge < -0.3 is 15.5 Å². The van der Waals surface area contributed by atoms with Gasteiger partial charge in [-0.05, 0) is 43.8 Å². The van der Waals surface area contributed by atoms with Crippen LogP contribution in [0.5, 0.6) is 0 Å². The molecule has 0 aliphatic carbocycles. The van der Waals surface area contributed by atoms with E-state index in [0.717, 1.165) is 38.4 Å². The Morgan fingerprint density at radius 1 is 0.889 bits per heavy atom. The highest BCUT2D eigenvalue weighted by Crippen LogP contribution is 2.16. The molecule has 0 heterocycles. The average Bonchev–Trinajstić information content (AvgIpc) is 2.39. The van der Waals surface area contributed by atoms with Crippen LogP contribution in [0.15, 0.2) is 24.3 Å².